The molecule has 7 heteroatoms. The molecule has 3 N–H and O–H groups in total. The maximum atomic E-state index is 12.6. The molecule has 0 radical (unpaired) electrons. The summed E-state index contributed by atoms with van der Waals surface area (Å²) in [6.45, 7) is 0. The van der Waals surface area contributed by atoms with Crippen molar-refractivity contribution in [3.63, 3.8) is 0 Å². The lowest BCUT2D eigenvalue weighted by atomic mass is 9.92. The number of rotatable bonds is 7. The van der Waals surface area contributed by atoms with E-state index in [1.165, 1.54) is 18.2 Å². The van der Waals surface area contributed by atoms with Gasteiger partial charge in [-0.25, -0.2) is 0 Å². The van der Waals surface area contributed by atoms with Gasteiger partial charge in [-0.05, 0) is 38.7 Å². The highest BCUT2D eigenvalue weighted by atomic mass is 16.6. The molecule has 4 aromatic rings. The normalized spacial score (nSPS) is 11.9. The summed E-state index contributed by atoms with van der Waals surface area (Å²) in [4.78, 5) is 35.3. The SMILES string of the molecule is NC(=O)[C@@H](Cc1c2ccccc2cc2ccccc12)NC(=O)Cc1cccc([N+](=O)[O-])c1. The van der Waals surface area contributed by atoms with Crippen LogP contribution in [0.25, 0.3) is 21.5 Å². The first-order valence-corrected chi connectivity index (χ1v) is 10.1. The molecule has 0 aromatic heterocycles. The van der Waals surface area contributed by atoms with Crippen LogP contribution in [-0.4, -0.2) is 22.8 Å². The van der Waals surface area contributed by atoms with Crippen LogP contribution in [0.5, 0.6) is 0 Å². The first-order chi connectivity index (χ1) is 15.4. The molecule has 0 heterocycles. The van der Waals surface area contributed by atoms with Gasteiger partial charge in [0, 0.05) is 18.6 Å². The second kappa shape index (κ2) is 8.85. The number of carbonyl (C=O) groups excluding carboxylic acids is 2. The summed E-state index contributed by atoms with van der Waals surface area (Å²) < 4.78 is 0. The van der Waals surface area contributed by atoms with E-state index in [1.807, 2.05) is 48.5 Å². The fourth-order valence-electron chi connectivity index (χ4n) is 3.97. The average Bonchev–Trinajstić information content (AvgIpc) is 2.78. The molecule has 4 rings (SSSR count). The van der Waals surface area contributed by atoms with Crippen molar-refractivity contribution in [2.24, 2.45) is 5.73 Å². The van der Waals surface area contributed by atoms with Crippen LogP contribution >= 0.6 is 0 Å². The predicted molar refractivity (Wildman–Crippen MR) is 123 cm³/mol. The van der Waals surface area contributed by atoms with Gasteiger partial charge in [0.05, 0.1) is 11.3 Å². The van der Waals surface area contributed by atoms with Crippen LogP contribution < -0.4 is 11.1 Å². The minimum absolute atomic E-state index is 0.0935. The quantitative estimate of drug-likeness (QED) is 0.266. The number of non-ortho nitro benzene ring substituents is 1. The number of nitrogens with zero attached hydrogens (tertiary/aromatic N) is 1. The number of benzene rings is 4. The van der Waals surface area contributed by atoms with Gasteiger partial charge in [0.2, 0.25) is 11.8 Å². The van der Waals surface area contributed by atoms with E-state index in [0.29, 0.717) is 5.56 Å². The van der Waals surface area contributed by atoms with Crippen molar-refractivity contribution in [1.29, 1.82) is 0 Å². The third kappa shape index (κ3) is 4.41. The third-order valence-corrected chi connectivity index (χ3v) is 5.46. The second-order valence-electron chi connectivity index (χ2n) is 7.63. The van der Waals surface area contributed by atoms with Gasteiger partial charge in [-0.15, -0.1) is 0 Å². The molecule has 32 heavy (non-hydrogen) atoms. The molecule has 2 amide bonds. The molecule has 0 unspecified atom stereocenters. The first kappa shape index (κ1) is 21.0. The van der Waals surface area contributed by atoms with Crippen molar-refractivity contribution >= 4 is 39.0 Å². The summed E-state index contributed by atoms with van der Waals surface area (Å²) in [6.07, 6.45) is 0.139. The van der Waals surface area contributed by atoms with Crippen LogP contribution in [-0.2, 0) is 22.4 Å². The lowest BCUT2D eigenvalue weighted by Gasteiger charge is -2.19. The van der Waals surface area contributed by atoms with Crippen molar-refractivity contribution < 1.29 is 14.5 Å². The lowest BCUT2D eigenvalue weighted by molar-refractivity contribution is -0.384. The molecule has 7 nitrogen and oxygen atoms in total. The Balaban J connectivity index is 1.62. The maximum Gasteiger partial charge on any atom is 0.269 e. The van der Waals surface area contributed by atoms with Gasteiger partial charge in [0.1, 0.15) is 6.04 Å². The van der Waals surface area contributed by atoms with Crippen LogP contribution in [0.15, 0.2) is 78.9 Å². The summed E-state index contributed by atoms with van der Waals surface area (Å²) in [6, 6.07) is 22.8. The van der Waals surface area contributed by atoms with Gasteiger partial charge in [-0.3, -0.25) is 19.7 Å². The third-order valence-electron chi connectivity index (χ3n) is 5.46. The second-order valence-corrected chi connectivity index (χ2v) is 7.63. The molecule has 0 bridgehead atoms. The molecular formula is C25H21N3O4. The van der Waals surface area contributed by atoms with Crippen LogP contribution in [0.3, 0.4) is 0 Å². The molecule has 0 aliphatic rings. The Morgan fingerprint density at radius 2 is 1.53 bits per heavy atom. The molecule has 0 aliphatic carbocycles. The Bertz CT molecular complexity index is 1300. The standard InChI is InChI=1S/C25H21N3O4/c26-25(30)23(27-24(29)13-16-6-5-9-19(12-16)28(31)32)15-22-20-10-3-1-7-17(20)14-18-8-2-4-11-21(18)22/h1-12,14,23H,13,15H2,(H2,26,30)(H,27,29)/t23-/m1/s1. The van der Waals surface area contributed by atoms with Gasteiger partial charge in [-0.2, -0.15) is 0 Å². The average molecular weight is 427 g/mol. The number of hydrogen-bond acceptors (Lipinski definition) is 4. The first-order valence-electron chi connectivity index (χ1n) is 10.1. The molecule has 4 aromatic carbocycles. The Kier molecular flexibility index (Phi) is 5.81. The number of nitro benzene ring substituents is 1. The topological polar surface area (TPSA) is 115 Å². The fourth-order valence-corrected chi connectivity index (χ4v) is 3.97. The number of nitrogens with two attached hydrogens (primary N) is 1. The number of nitro groups is 1. The van der Waals surface area contributed by atoms with Crippen LogP contribution in [0, 0.1) is 10.1 Å². The highest BCUT2D eigenvalue weighted by Gasteiger charge is 2.21. The van der Waals surface area contributed by atoms with Crippen molar-refractivity contribution in [3.05, 3.63) is 100 Å². The smallest absolute Gasteiger partial charge is 0.269 e. The lowest BCUT2D eigenvalue weighted by Crippen LogP contribution is -2.46. The van der Waals surface area contributed by atoms with Gasteiger partial charge in [0.25, 0.3) is 5.69 Å². The van der Waals surface area contributed by atoms with E-state index in [0.717, 1.165) is 27.1 Å². The number of hydrogen-bond donors (Lipinski definition) is 2. The van der Waals surface area contributed by atoms with E-state index in [2.05, 4.69) is 11.4 Å². The van der Waals surface area contributed by atoms with Crippen LogP contribution in [0.1, 0.15) is 11.1 Å². The van der Waals surface area contributed by atoms with Crippen molar-refractivity contribution in [3.8, 4) is 0 Å². The van der Waals surface area contributed by atoms with E-state index in [-0.39, 0.29) is 18.5 Å². The van der Waals surface area contributed by atoms with Gasteiger partial charge >= 0.3 is 0 Å². The fraction of sp³-hybridized carbons (Fsp3) is 0.120. The summed E-state index contributed by atoms with van der Waals surface area (Å²) in [5, 5.41) is 17.7. The Morgan fingerprint density at radius 3 is 2.12 bits per heavy atom. The number of carbonyl (C=O) groups is 2. The maximum absolute atomic E-state index is 12.6. The van der Waals surface area contributed by atoms with Crippen molar-refractivity contribution in [1.82, 2.24) is 5.32 Å². The van der Waals surface area contributed by atoms with E-state index in [9.17, 15) is 19.7 Å². The number of primary amides is 1. The van der Waals surface area contributed by atoms with Gasteiger partial charge < -0.3 is 11.1 Å². The minimum atomic E-state index is -0.921. The number of nitrogens with one attached hydrogen (secondary N) is 1. The molecule has 0 saturated heterocycles. The van der Waals surface area contributed by atoms with Crippen molar-refractivity contribution in [2.45, 2.75) is 18.9 Å². The van der Waals surface area contributed by atoms with Crippen LogP contribution in [0.4, 0.5) is 5.69 Å². The molecule has 0 fully saturated rings. The highest BCUT2D eigenvalue weighted by molar-refractivity contribution is 6.03. The largest absolute Gasteiger partial charge is 0.368 e. The molecule has 1 atom stereocenters. The highest BCUT2D eigenvalue weighted by Crippen LogP contribution is 2.29. The molecule has 0 spiro atoms. The van der Waals surface area contributed by atoms with Gasteiger partial charge in [0.15, 0.2) is 0 Å². The zero-order valence-electron chi connectivity index (χ0n) is 17.2. The molecular weight excluding hydrogens is 406 g/mol. The van der Waals surface area contributed by atoms with E-state index in [1.54, 1.807) is 6.07 Å². The van der Waals surface area contributed by atoms with Crippen molar-refractivity contribution in [2.75, 3.05) is 0 Å². The van der Waals surface area contributed by atoms with Crippen LogP contribution in [0.2, 0.25) is 0 Å². The zero-order chi connectivity index (χ0) is 22.7. The zero-order valence-corrected chi connectivity index (χ0v) is 17.2. The number of fused-ring (bicyclic) bond motifs is 2. The molecule has 0 aliphatic heterocycles. The van der Waals surface area contributed by atoms with E-state index < -0.39 is 22.8 Å². The van der Waals surface area contributed by atoms with E-state index >= 15 is 0 Å². The summed E-state index contributed by atoms with van der Waals surface area (Å²) >= 11 is 0. The summed E-state index contributed by atoms with van der Waals surface area (Å²) in [5.74, 6) is -1.08. The monoisotopic (exact) mass is 427 g/mol. The Hall–Kier alpha value is -4.26. The Labute approximate surface area is 184 Å². The summed E-state index contributed by atoms with van der Waals surface area (Å²) in [5.41, 5.74) is 6.95. The minimum Gasteiger partial charge on any atom is -0.368 e. The molecule has 160 valence electrons. The molecule has 0 saturated carbocycles. The summed E-state index contributed by atoms with van der Waals surface area (Å²) in [7, 11) is 0. The predicted octanol–water partition coefficient (Wildman–Crippen LogP) is 3.66. The van der Waals surface area contributed by atoms with E-state index in [4.69, 9.17) is 5.73 Å². The van der Waals surface area contributed by atoms with Gasteiger partial charge in [-0.1, -0.05) is 60.7 Å². The Morgan fingerprint density at radius 1 is 0.906 bits per heavy atom. The number of amides is 2.